The fourth-order valence-corrected chi connectivity index (χ4v) is 2.80. The Kier molecular flexibility index (Phi) is 6.38. The number of benzene rings is 2. The van der Waals surface area contributed by atoms with Crippen LogP contribution in [0.3, 0.4) is 0 Å². The summed E-state index contributed by atoms with van der Waals surface area (Å²) in [5.74, 6) is 0.385. The lowest BCUT2D eigenvalue weighted by Crippen LogP contribution is -2.06. The quantitative estimate of drug-likeness (QED) is 0.503. The van der Waals surface area contributed by atoms with E-state index in [9.17, 15) is 13.2 Å². The first-order valence-electron chi connectivity index (χ1n) is 8.07. The van der Waals surface area contributed by atoms with Crippen LogP contribution in [0.4, 0.5) is 18.9 Å². The van der Waals surface area contributed by atoms with Crippen LogP contribution in [0.25, 0.3) is 11.1 Å². The van der Waals surface area contributed by atoms with Crippen LogP contribution in [-0.2, 0) is 12.6 Å². The number of aryl methyl sites for hydroxylation is 1. The standard InChI is InChI=1S/C19H18ClF3N2O/c1-2-12-9-13(19(21,22)23)5-6-14(12)15-10-18(16(20)11-17(15)25)26-8-4-3-7-24/h5-6,9-11H,2-4,8,25H2,1H3. The molecule has 138 valence electrons. The smallest absolute Gasteiger partial charge is 0.416 e. The molecule has 0 radical (unpaired) electrons. The number of hydrogen-bond donors (Lipinski definition) is 1. The summed E-state index contributed by atoms with van der Waals surface area (Å²) >= 11 is 6.14. The molecule has 3 nitrogen and oxygen atoms in total. The van der Waals surface area contributed by atoms with Gasteiger partial charge in [0.05, 0.1) is 23.3 Å². The molecule has 0 aliphatic rings. The maximum Gasteiger partial charge on any atom is 0.416 e. The molecule has 0 saturated heterocycles. The molecule has 2 aromatic rings. The van der Waals surface area contributed by atoms with Crippen molar-refractivity contribution in [2.75, 3.05) is 12.3 Å². The van der Waals surface area contributed by atoms with Crippen molar-refractivity contribution in [3.8, 4) is 22.9 Å². The van der Waals surface area contributed by atoms with E-state index < -0.39 is 11.7 Å². The lowest BCUT2D eigenvalue weighted by atomic mass is 9.94. The molecule has 7 heteroatoms. The Morgan fingerprint density at radius 2 is 1.92 bits per heavy atom. The molecule has 0 amide bonds. The number of hydrogen-bond acceptors (Lipinski definition) is 3. The van der Waals surface area contributed by atoms with E-state index in [-0.39, 0.29) is 0 Å². The Balaban J connectivity index is 2.43. The number of anilines is 1. The van der Waals surface area contributed by atoms with E-state index in [0.717, 1.165) is 12.1 Å². The average molecular weight is 383 g/mol. The minimum Gasteiger partial charge on any atom is -0.492 e. The van der Waals surface area contributed by atoms with E-state index in [0.29, 0.717) is 59.0 Å². The summed E-state index contributed by atoms with van der Waals surface area (Å²) in [5, 5.41) is 8.87. The maximum absolute atomic E-state index is 13.0. The number of halogens is 4. The second-order valence-electron chi connectivity index (χ2n) is 5.70. The molecule has 0 saturated carbocycles. The summed E-state index contributed by atoms with van der Waals surface area (Å²) in [5.41, 5.74) is 7.41. The molecular weight excluding hydrogens is 365 g/mol. The second kappa shape index (κ2) is 8.33. The molecule has 0 atom stereocenters. The highest BCUT2D eigenvalue weighted by atomic mass is 35.5. The minimum absolute atomic E-state index is 0.310. The van der Waals surface area contributed by atoms with Gasteiger partial charge in [-0.15, -0.1) is 0 Å². The number of unbranched alkanes of at least 4 members (excludes halogenated alkanes) is 1. The van der Waals surface area contributed by atoms with Gasteiger partial charge in [-0.3, -0.25) is 0 Å². The summed E-state index contributed by atoms with van der Waals surface area (Å²) in [6.45, 7) is 2.09. The monoisotopic (exact) mass is 382 g/mol. The Bertz CT molecular complexity index is 829. The van der Waals surface area contributed by atoms with Gasteiger partial charge in [0.2, 0.25) is 0 Å². The van der Waals surface area contributed by atoms with Gasteiger partial charge < -0.3 is 10.5 Å². The molecule has 0 fully saturated rings. The van der Waals surface area contributed by atoms with E-state index in [1.165, 1.54) is 12.1 Å². The van der Waals surface area contributed by atoms with Crippen LogP contribution in [0, 0.1) is 11.3 Å². The molecule has 0 bridgehead atoms. The minimum atomic E-state index is -4.40. The van der Waals surface area contributed by atoms with Crippen LogP contribution in [-0.4, -0.2) is 6.61 Å². The lowest BCUT2D eigenvalue weighted by Gasteiger charge is -2.16. The molecule has 0 heterocycles. The molecule has 0 unspecified atom stereocenters. The van der Waals surface area contributed by atoms with Gasteiger partial charge in [-0.05, 0) is 48.2 Å². The molecule has 0 aliphatic carbocycles. The van der Waals surface area contributed by atoms with Crippen molar-refractivity contribution in [3.05, 3.63) is 46.5 Å². The fraction of sp³-hybridized carbons (Fsp3) is 0.316. The van der Waals surface area contributed by atoms with Gasteiger partial charge in [-0.1, -0.05) is 24.6 Å². The Morgan fingerprint density at radius 1 is 1.19 bits per heavy atom. The van der Waals surface area contributed by atoms with E-state index >= 15 is 0 Å². The molecule has 0 spiro atoms. The van der Waals surface area contributed by atoms with Crippen LogP contribution in [0.15, 0.2) is 30.3 Å². The zero-order chi connectivity index (χ0) is 19.3. The first-order chi connectivity index (χ1) is 12.3. The SMILES string of the molecule is CCc1cc(C(F)(F)F)ccc1-c1cc(OCCCC#N)c(Cl)cc1N. The Labute approximate surface area is 155 Å². The van der Waals surface area contributed by atoms with E-state index in [1.54, 1.807) is 13.0 Å². The molecule has 26 heavy (non-hydrogen) atoms. The van der Waals surface area contributed by atoms with Gasteiger partial charge in [0, 0.05) is 17.7 Å². The Morgan fingerprint density at radius 3 is 2.54 bits per heavy atom. The largest absolute Gasteiger partial charge is 0.492 e. The Hall–Kier alpha value is -2.39. The molecule has 2 rings (SSSR count). The highest BCUT2D eigenvalue weighted by Crippen LogP contribution is 2.39. The van der Waals surface area contributed by atoms with Crippen LogP contribution < -0.4 is 10.5 Å². The van der Waals surface area contributed by atoms with Crippen molar-refractivity contribution in [2.45, 2.75) is 32.4 Å². The number of rotatable bonds is 6. The molecule has 0 aromatic heterocycles. The fourth-order valence-electron chi connectivity index (χ4n) is 2.57. The third-order valence-electron chi connectivity index (χ3n) is 3.90. The van der Waals surface area contributed by atoms with Gasteiger partial charge >= 0.3 is 6.18 Å². The van der Waals surface area contributed by atoms with Crippen molar-refractivity contribution in [3.63, 3.8) is 0 Å². The zero-order valence-electron chi connectivity index (χ0n) is 14.2. The van der Waals surface area contributed by atoms with Crippen LogP contribution in [0.1, 0.15) is 30.9 Å². The molecule has 2 aromatic carbocycles. The van der Waals surface area contributed by atoms with Crippen molar-refractivity contribution in [1.29, 1.82) is 5.26 Å². The van der Waals surface area contributed by atoms with Crippen molar-refractivity contribution < 1.29 is 17.9 Å². The van der Waals surface area contributed by atoms with E-state index in [4.69, 9.17) is 27.3 Å². The number of alkyl halides is 3. The maximum atomic E-state index is 13.0. The number of ether oxygens (including phenoxy) is 1. The summed E-state index contributed by atoms with van der Waals surface area (Å²) in [4.78, 5) is 0. The first-order valence-corrected chi connectivity index (χ1v) is 8.45. The van der Waals surface area contributed by atoms with E-state index in [1.807, 2.05) is 6.07 Å². The second-order valence-corrected chi connectivity index (χ2v) is 6.11. The summed E-state index contributed by atoms with van der Waals surface area (Å²) < 4.78 is 44.4. The van der Waals surface area contributed by atoms with Gasteiger partial charge in [-0.25, -0.2) is 0 Å². The van der Waals surface area contributed by atoms with E-state index in [2.05, 4.69) is 0 Å². The normalized spacial score (nSPS) is 11.2. The number of nitriles is 1. The molecular formula is C19H18ClF3N2O. The van der Waals surface area contributed by atoms with Gasteiger partial charge in [0.15, 0.2) is 0 Å². The summed E-state index contributed by atoms with van der Waals surface area (Å²) in [6, 6.07) is 8.77. The molecule has 2 N–H and O–H groups in total. The summed E-state index contributed by atoms with van der Waals surface area (Å²) in [7, 11) is 0. The van der Waals surface area contributed by atoms with Crippen molar-refractivity contribution in [1.82, 2.24) is 0 Å². The number of nitrogens with two attached hydrogens (primary N) is 1. The van der Waals surface area contributed by atoms with Crippen LogP contribution in [0.2, 0.25) is 5.02 Å². The number of nitrogens with zero attached hydrogens (tertiary/aromatic N) is 1. The topological polar surface area (TPSA) is 59.0 Å². The third kappa shape index (κ3) is 4.61. The first kappa shape index (κ1) is 19.9. The zero-order valence-corrected chi connectivity index (χ0v) is 14.9. The van der Waals surface area contributed by atoms with Gasteiger partial charge in [0.1, 0.15) is 5.75 Å². The number of nitrogen functional groups attached to an aromatic ring is 1. The average Bonchev–Trinajstić information content (AvgIpc) is 2.59. The highest BCUT2D eigenvalue weighted by molar-refractivity contribution is 6.32. The van der Waals surface area contributed by atoms with Crippen LogP contribution in [0.5, 0.6) is 5.75 Å². The van der Waals surface area contributed by atoms with Crippen LogP contribution >= 0.6 is 11.6 Å². The highest BCUT2D eigenvalue weighted by Gasteiger charge is 2.31. The predicted molar refractivity (Wildman–Crippen MR) is 96.0 cm³/mol. The summed E-state index contributed by atoms with van der Waals surface area (Å²) in [6.07, 6.45) is -3.08. The molecule has 0 aliphatic heterocycles. The predicted octanol–water partition coefficient (Wildman–Crippen LogP) is 5.85. The van der Waals surface area contributed by atoms with Crippen molar-refractivity contribution >= 4 is 17.3 Å². The lowest BCUT2D eigenvalue weighted by molar-refractivity contribution is -0.137. The van der Waals surface area contributed by atoms with Crippen molar-refractivity contribution in [2.24, 2.45) is 0 Å². The van der Waals surface area contributed by atoms with Gasteiger partial charge in [0.25, 0.3) is 0 Å². The van der Waals surface area contributed by atoms with Gasteiger partial charge in [-0.2, -0.15) is 18.4 Å². The third-order valence-corrected chi connectivity index (χ3v) is 4.19.